The van der Waals surface area contributed by atoms with E-state index in [1.54, 1.807) is 119 Å². The zero-order valence-electron chi connectivity index (χ0n) is 53.6. The topological polar surface area (TPSA) is 478 Å². The summed E-state index contributed by atoms with van der Waals surface area (Å²) in [6.07, 6.45) is -2.04. The van der Waals surface area contributed by atoms with Crippen molar-refractivity contribution in [3.63, 3.8) is 0 Å². The molecular weight excluding hydrogens is 1220 g/mol. The molecule has 12 atom stereocenters. The van der Waals surface area contributed by atoms with Crippen molar-refractivity contribution >= 4 is 82.7 Å². The Hall–Kier alpha value is -9.84. The zero-order chi connectivity index (χ0) is 69.5. The average molecular weight is 1310 g/mol. The van der Waals surface area contributed by atoms with Gasteiger partial charge in [-0.3, -0.25) is 67.1 Å². The number of amides is 14. The number of nitrogens with two attached hydrogens (primary N) is 4. The van der Waals surface area contributed by atoms with Crippen molar-refractivity contribution in [1.82, 2.24) is 57.7 Å². The van der Waals surface area contributed by atoms with Crippen LogP contribution in [0.3, 0.4) is 0 Å². The lowest BCUT2D eigenvalue weighted by Gasteiger charge is -2.32. The van der Waals surface area contributed by atoms with Gasteiger partial charge in [-0.1, -0.05) is 119 Å². The highest BCUT2D eigenvalue weighted by atomic mass is 16.3. The lowest BCUT2D eigenvalue weighted by molar-refractivity contribution is -0.144. The first kappa shape index (κ1) is 74.9. The van der Waals surface area contributed by atoms with Crippen LogP contribution in [0.4, 0.5) is 0 Å². The summed E-state index contributed by atoms with van der Waals surface area (Å²) in [5.41, 5.74) is 24.2. The molecule has 2 aliphatic heterocycles. The number of primary amides is 3. The number of carbonyl (C=O) groups excluding carboxylic acids is 14. The summed E-state index contributed by atoms with van der Waals surface area (Å²) in [4.78, 5) is 191. The minimum atomic E-state index is -1.81. The first-order valence-electron chi connectivity index (χ1n) is 31.2. The molecule has 2 fully saturated rings. The van der Waals surface area contributed by atoms with Gasteiger partial charge in [0.1, 0.15) is 60.4 Å². The minimum absolute atomic E-state index is 0.0248. The molecule has 0 aromatic heterocycles. The Morgan fingerprint density at radius 2 is 0.883 bits per heavy atom. The fourth-order valence-electron chi connectivity index (χ4n) is 10.8. The van der Waals surface area contributed by atoms with Gasteiger partial charge in [0.25, 0.3) is 0 Å². The van der Waals surface area contributed by atoms with Crippen LogP contribution in [0.25, 0.3) is 0 Å². The van der Waals surface area contributed by atoms with Crippen LogP contribution in [-0.2, 0) is 86.4 Å². The number of carbonyl (C=O) groups is 14. The van der Waals surface area contributed by atoms with Gasteiger partial charge < -0.3 is 85.7 Å². The van der Waals surface area contributed by atoms with E-state index in [-0.39, 0.29) is 45.2 Å². The first-order chi connectivity index (χ1) is 44.4. The molecule has 30 nitrogen and oxygen atoms in total. The van der Waals surface area contributed by atoms with Crippen LogP contribution in [0.5, 0.6) is 0 Å². The van der Waals surface area contributed by atoms with Gasteiger partial charge in [-0.05, 0) is 68.1 Å². The summed E-state index contributed by atoms with van der Waals surface area (Å²) in [5.74, 6) is -13.3. The number of hydrogen-bond acceptors (Lipinski definition) is 16. The van der Waals surface area contributed by atoms with Gasteiger partial charge in [0.05, 0.1) is 31.5 Å². The summed E-state index contributed by atoms with van der Waals surface area (Å²) in [7, 11) is 0. The Balaban J connectivity index is 1.21. The fourth-order valence-corrected chi connectivity index (χ4v) is 10.8. The fraction of sp³-hybridized carbons (Fsp3) is 0.500. The van der Waals surface area contributed by atoms with Gasteiger partial charge in [0.2, 0.25) is 82.7 Å². The average Bonchev–Trinajstić information content (AvgIpc) is 1.59. The molecule has 3 aromatic rings. The number of likely N-dealkylation sites (tertiary alicyclic amines) is 2. The molecule has 3 aromatic carbocycles. The maximum absolute atomic E-state index is 14.4. The van der Waals surface area contributed by atoms with E-state index < -0.39 is 186 Å². The largest absolute Gasteiger partial charge is 0.391 e. The highest BCUT2D eigenvalue weighted by Crippen LogP contribution is 2.22. The Morgan fingerprint density at radius 1 is 0.457 bits per heavy atom. The van der Waals surface area contributed by atoms with E-state index in [0.29, 0.717) is 24.0 Å². The third-order valence-corrected chi connectivity index (χ3v) is 16.0. The Labute approximate surface area is 544 Å². The van der Waals surface area contributed by atoms with Crippen molar-refractivity contribution in [2.75, 3.05) is 19.6 Å². The number of nitrogens with zero attached hydrogens (tertiary/aromatic N) is 2. The number of nitrogens with one attached hydrogen (secondary N) is 9. The van der Waals surface area contributed by atoms with Crippen molar-refractivity contribution < 1.29 is 72.2 Å². The zero-order valence-corrected chi connectivity index (χ0v) is 53.6. The minimum Gasteiger partial charge on any atom is -0.391 e. The van der Waals surface area contributed by atoms with Crippen molar-refractivity contribution in [3.8, 4) is 0 Å². The lowest BCUT2D eigenvalue weighted by atomic mass is 9.99. The highest BCUT2D eigenvalue weighted by Gasteiger charge is 2.43. The summed E-state index contributed by atoms with van der Waals surface area (Å²) < 4.78 is 0. The number of aliphatic hydroxyl groups is 1. The SMILES string of the molecule is CC(C)[C@H](NC(=O)[C@H](CC(N)=O)NC(=O)[C@@H](NC(=O)[C@@H]1CCCN1C(=O)[C@@H](NC(=O)[C@H](Cc1ccccc1)NC(=O)[C@@H](N)CC(N)=O)C(C)C)C(C)O)C(=O)NCC(=O)N1CCC[C@H]1C(=O)N[C@@H](Cc1ccccc1)C(=O)N[C@@H](C)C(=O)N[C@@H](Cc1ccccc1)C(N)=O. The van der Waals surface area contributed by atoms with E-state index >= 15 is 0 Å². The van der Waals surface area contributed by atoms with Gasteiger partial charge in [0.15, 0.2) is 0 Å². The van der Waals surface area contributed by atoms with E-state index in [0.717, 1.165) is 12.5 Å². The second-order valence-corrected chi connectivity index (χ2v) is 24.2. The van der Waals surface area contributed by atoms with Crippen LogP contribution in [0.2, 0.25) is 0 Å². The Bertz CT molecular complexity index is 3190. The Morgan fingerprint density at radius 3 is 1.37 bits per heavy atom. The number of rotatable bonds is 34. The van der Waals surface area contributed by atoms with Crippen molar-refractivity contribution in [2.24, 2.45) is 34.8 Å². The monoisotopic (exact) mass is 1310 g/mol. The van der Waals surface area contributed by atoms with Crippen LogP contribution in [0.1, 0.15) is 96.8 Å². The second-order valence-electron chi connectivity index (χ2n) is 24.2. The van der Waals surface area contributed by atoms with Crippen molar-refractivity contribution in [1.29, 1.82) is 0 Å². The van der Waals surface area contributed by atoms with Crippen molar-refractivity contribution in [3.05, 3.63) is 108 Å². The molecule has 1 unspecified atom stereocenters. The van der Waals surface area contributed by atoms with Gasteiger partial charge >= 0.3 is 0 Å². The molecule has 510 valence electrons. The Kier molecular flexibility index (Phi) is 28.5. The van der Waals surface area contributed by atoms with Crippen LogP contribution in [0, 0.1) is 11.8 Å². The molecule has 14 amide bonds. The molecule has 30 heteroatoms. The molecule has 94 heavy (non-hydrogen) atoms. The van der Waals surface area contributed by atoms with Crippen molar-refractivity contribution in [2.45, 2.75) is 172 Å². The van der Waals surface area contributed by atoms with E-state index in [1.807, 2.05) is 0 Å². The lowest BCUT2D eigenvalue weighted by Crippen LogP contribution is -2.62. The van der Waals surface area contributed by atoms with Crippen LogP contribution in [-0.4, -0.2) is 190 Å². The van der Waals surface area contributed by atoms with E-state index in [9.17, 15) is 72.2 Å². The first-order valence-corrected chi connectivity index (χ1v) is 31.2. The molecule has 2 saturated heterocycles. The van der Waals surface area contributed by atoms with E-state index in [4.69, 9.17) is 22.9 Å². The second kappa shape index (κ2) is 35.8. The number of benzene rings is 3. The summed E-state index contributed by atoms with van der Waals surface area (Å²) in [5, 5.41) is 33.7. The smallest absolute Gasteiger partial charge is 0.246 e. The molecule has 5 rings (SSSR count). The number of hydrogen-bond donors (Lipinski definition) is 14. The van der Waals surface area contributed by atoms with Gasteiger partial charge in [0, 0.05) is 32.4 Å². The third-order valence-electron chi connectivity index (χ3n) is 16.0. The van der Waals surface area contributed by atoms with Crippen LogP contribution < -0.4 is 70.8 Å². The molecule has 0 radical (unpaired) electrons. The normalized spacial score (nSPS) is 17.6. The molecule has 2 aliphatic rings. The van der Waals surface area contributed by atoms with E-state index in [1.165, 1.54) is 16.7 Å². The summed E-state index contributed by atoms with van der Waals surface area (Å²) >= 11 is 0. The third kappa shape index (κ3) is 22.5. The van der Waals surface area contributed by atoms with Gasteiger partial charge in [-0.25, -0.2) is 0 Å². The molecule has 0 bridgehead atoms. The molecule has 0 aliphatic carbocycles. The molecule has 0 saturated carbocycles. The quantitative estimate of drug-likeness (QED) is 0.0271. The standard InChI is InChI=1S/C64H89N15O15/c1-34(2)51(62(92)69-33-50(83)78-26-16-24-46(78)60(90)73-43(29-39-20-12-8-13-21-39)57(87)70-36(5)55(85)71-42(54(68)84)28-38-18-10-7-11-19-38)75-59(89)45(32-49(67)82)74-63(93)53(37(6)80)77-61(91)47-25-17-27-79(47)64(94)52(35(3)4)76-58(88)44(30-40-22-14-9-15-23-40)72-56(86)41(65)31-48(66)81/h7-15,18-23,34-37,41-47,51-53,80H,16-17,24-33,65H2,1-6H3,(H2,66,81)(H2,67,82)(H2,68,84)(H,69,92)(H,70,87)(H,71,85)(H,72,86)(H,73,90)(H,74,93)(H,75,89)(H,76,88)(H,77,91)/t36-,37?,41-,42-,43-,44-,45-,46-,47-,51-,52-,53-/m0/s1. The van der Waals surface area contributed by atoms with Crippen LogP contribution >= 0.6 is 0 Å². The highest BCUT2D eigenvalue weighted by molar-refractivity contribution is 6.00. The molecule has 0 spiro atoms. The molecule has 18 N–H and O–H groups in total. The number of aliphatic hydroxyl groups excluding tert-OH is 1. The maximum Gasteiger partial charge on any atom is 0.246 e. The van der Waals surface area contributed by atoms with Gasteiger partial charge in [-0.15, -0.1) is 0 Å². The predicted molar refractivity (Wildman–Crippen MR) is 340 cm³/mol. The van der Waals surface area contributed by atoms with E-state index in [2.05, 4.69) is 47.9 Å². The summed E-state index contributed by atoms with van der Waals surface area (Å²) in [6, 6.07) is 11.3. The predicted octanol–water partition coefficient (Wildman–Crippen LogP) is -4.03. The van der Waals surface area contributed by atoms with Crippen LogP contribution in [0.15, 0.2) is 91.0 Å². The maximum atomic E-state index is 14.4. The molecule has 2 heterocycles. The van der Waals surface area contributed by atoms with Gasteiger partial charge in [-0.2, -0.15) is 0 Å². The molecular formula is C64H89N15O15. The summed E-state index contributed by atoms with van der Waals surface area (Å²) in [6.45, 7) is 8.40.